The quantitative estimate of drug-likeness (QED) is 0.852. The normalized spacial score (nSPS) is 12.6. The predicted octanol–water partition coefficient (Wildman–Crippen LogP) is 2.56. The molecule has 2 aromatic rings. The number of aromatic amines is 1. The van der Waals surface area contributed by atoms with Gasteiger partial charge in [-0.25, -0.2) is 4.98 Å². The monoisotopic (exact) mass is 234 g/mol. The van der Waals surface area contributed by atoms with E-state index < -0.39 is 11.9 Å². The number of carboxylic acid groups (broad SMARTS) is 1. The van der Waals surface area contributed by atoms with Gasteiger partial charge < -0.3 is 14.5 Å². The average Bonchev–Trinajstić information content (AvgIpc) is 2.87. The van der Waals surface area contributed by atoms with Gasteiger partial charge in [0, 0.05) is 0 Å². The molecule has 0 aliphatic heterocycles. The Morgan fingerprint density at radius 1 is 1.59 bits per heavy atom. The van der Waals surface area contributed by atoms with Crippen LogP contribution in [0.3, 0.4) is 0 Å². The van der Waals surface area contributed by atoms with Crippen molar-refractivity contribution in [3.05, 3.63) is 29.9 Å². The summed E-state index contributed by atoms with van der Waals surface area (Å²) < 4.78 is 5.44. The van der Waals surface area contributed by atoms with Crippen LogP contribution in [-0.4, -0.2) is 21.0 Å². The molecule has 5 nitrogen and oxygen atoms in total. The van der Waals surface area contributed by atoms with Crippen molar-refractivity contribution in [1.82, 2.24) is 9.97 Å². The molecule has 1 unspecified atom stereocenters. The number of aryl methyl sites for hydroxylation is 1. The molecular weight excluding hydrogens is 220 g/mol. The first kappa shape index (κ1) is 11.4. The molecule has 17 heavy (non-hydrogen) atoms. The first-order valence-corrected chi connectivity index (χ1v) is 5.46. The summed E-state index contributed by atoms with van der Waals surface area (Å²) in [5, 5.41) is 9.03. The Kier molecular flexibility index (Phi) is 2.99. The zero-order valence-corrected chi connectivity index (χ0v) is 9.73. The number of rotatable bonds is 4. The molecule has 0 saturated carbocycles. The smallest absolute Gasteiger partial charge is 0.314 e. The highest BCUT2D eigenvalue weighted by Crippen LogP contribution is 2.23. The van der Waals surface area contributed by atoms with Crippen LogP contribution in [0.1, 0.15) is 30.8 Å². The van der Waals surface area contributed by atoms with Crippen LogP contribution in [0.2, 0.25) is 0 Å². The fourth-order valence-electron chi connectivity index (χ4n) is 1.70. The molecule has 0 radical (unpaired) electrons. The van der Waals surface area contributed by atoms with Crippen LogP contribution in [-0.2, 0) is 4.79 Å². The van der Waals surface area contributed by atoms with Crippen LogP contribution in [0.4, 0.5) is 0 Å². The summed E-state index contributed by atoms with van der Waals surface area (Å²) in [5.41, 5.74) is 0.702. The molecule has 0 bridgehead atoms. The van der Waals surface area contributed by atoms with Crippen molar-refractivity contribution in [1.29, 1.82) is 0 Å². The van der Waals surface area contributed by atoms with E-state index in [-0.39, 0.29) is 0 Å². The molecule has 0 aliphatic rings. The van der Waals surface area contributed by atoms with Crippen LogP contribution in [0.25, 0.3) is 11.5 Å². The minimum Gasteiger partial charge on any atom is -0.481 e. The van der Waals surface area contributed by atoms with Crippen LogP contribution >= 0.6 is 0 Å². The van der Waals surface area contributed by atoms with Crippen LogP contribution in [0.15, 0.2) is 22.7 Å². The number of furan rings is 1. The lowest BCUT2D eigenvalue weighted by atomic mass is 10.1. The Morgan fingerprint density at radius 2 is 2.35 bits per heavy atom. The molecule has 2 rings (SSSR count). The number of hydrogen-bond donors (Lipinski definition) is 2. The number of aliphatic carboxylic acids is 1. The van der Waals surface area contributed by atoms with Gasteiger partial charge in [0.05, 0.1) is 6.20 Å². The number of aromatic nitrogens is 2. The van der Waals surface area contributed by atoms with E-state index in [1.807, 2.05) is 26.0 Å². The second kappa shape index (κ2) is 4.45. The maximum atomic E-state index is 11.0. The van der Waals surface area contributed by atoms with Gasteiger partial charge in [0.15, 0.2) is 5.76 Å². The molecule has 1 atom stereocenters. The summed E-state index contributed by atoms with van der Waals surface area (Å²) in [6, 6.07) is 3.68. The summed E-state index contributed by atoms with van der Waals surface area (Å²) in [6.45, 7) is 3.67. The largest absolute Gasteiger partial charge is 0.481 e. The van der Waals surface area contributed by atoms with Crippen LogP contribution in [0, 0.1) is 6.92 Å². The van der Waals surface area contributed by atoms with Crippen molar-refractivity contribution in [2.24, 2.45) is 0 Å². The summed E-state index contributed by atoms with van der Waals surface area (Å²) in [5.74, 6) is 0.468. The zero-order chi connectivity index (χ0) is 12.4. The molecule has 2 aromatic heterocycles. The molecule has 2 N–H and O–H groups in total. The second-order valence-corrected chi connectivity index (χ2v) is 3.89. The minimum atomic E-state index is -0.871. The van der Waals surface area contributed by atoms with Gasteiger partial charge in [-0.3, -0.25) is 4.79 Å². The van der Waals surface area contributed by atoms with Crippen molar-refractivity contribution in [3.63, 3.8) is 0 Å². The third-order valence-electron chi connectivity index (χ3n) is 2.64. The number of hydrogen-bond acceptors (Lipinski definition) is 3. The van der Waals surface area contributed by atoms with Gasteiger partial charge in [0.2, 0.25) is 0 Å². The van der Waals surface area contributed by atoms with Crippen LogP contribution < -0.4 is 0 Å². The molecule has 0 spiro atoms. The fraction of sp³-hybridized carbons (Fsp3) is 0.333. The zero-order valence-electron chi connectivity index (χ0n) is 9.73. The second-order valence-electron chi connectivity index (χ2n) is 3.89. The lowest BCUT2D eigenvalue weighted by Gasteiger charge is -2.04. The van der Waals surface area contributed by atoms with Crippen molar-refractivity contribution >= 4 is 5.97 Å². The number of H-pyrrole nitrogens is 1. The van der Waals surface area contributed by atoms with E-state index in [2.05, 4.69) is 9.97 Å². The summed E-state index contributed by atoms with van der Waals surface area (Å²) in [7, 11) is 0. The van der Waals surface area contributed by atoms with E-state index in [0.717, 1.165) is 5.76 Å². The molecule has 5 heteroatoms. The first-order chi connectivity index (χ1) is 8.11. The van der Waals surface area contributed by atoms with Crippen molar-refractivity contribution in [3.8, 4) is 11.5 Å². The SMILES string of the molecule is CCC(C(=O)O)c1ncc(-c2ccc(C)o2)[nH]1. The summed E-state index contributed by atoms with van der Waals surface area (Å²) in [4.78, 5) is 18.1. The molecule has 0 fully saturated rings. The van der Waals surface area contributed by atoms with Gasteiger partial charge in [-0.1, -0.05) is 6.92 Å². The molecular formula is C12H14N2O3. The van der Waals surface area contributed by atoms with Gasteiger partial charge in [-0.2, -0.15) is 0 Å². The highest BCUT2D eigenvalue weighted by Gasteiger charge is 2.21. The third-order valence-corrected chi connectivity index (χ3v) is 2.64. The van der Waals surface area contributed by atoms with Gasteiger partial charge in [-0.15, -0.1) is 0 Å². The van der Waals surface area contributed by atoms with Crippen molar-refractivity contribution < 1.29 is 14.3 Å². The Bertz CT molecular complexity index is 527. The van der Waals surface area contributed by atoms with E-state index in [1.165, 1.54) is 0 Å². The van der Waals surface area contributed by atoms with E-state index >= 15 is 0 Å². The first-order valence-electron chi connectivity index (χ1n) is 5.46. The molecule has 0 saturated heterocycles. The number of imidazole rings is 1. The standard InChI is InChI=1S/C12H14N2O3/c1-3-8(12(15)16)11-13-6-9(14-11)10-5-4-7(2)17-10/h4-6,8H,3H2,1-2H3,(H,13,14)(H,15,16). The van der Waals surface area contributed by atoms with E-state index in [1.54, 1.807) is 6.20 Å². The van der Waals surface area contributed by atoms with Gasteiger partial charge in [-0.05, 0) is 25.5 Å². The average molecular weight is 234 g/mol. The maximum absolute atomic E-state index is 11.0. The molecule has 90 valence electrons. The van der Waals surface area contributed by atoms with E-state index in [9.17, 15) is 4.79 Å². The minimum absolute atomic E-state index is 0.462. The number of nitrogens with zero attached hydrogens (tertiary/aromatic N) is 1. The summed E-state index contributed by atoms with van der Waals surface area (Å²) in [6.07, 6.45) is 2.10. The number of carboxylic acids is 1. The molecule has 0 aliphatic carbocycles. The Labute approximate surface area is 98.5 Å². The number of nitrogens with one attached hydrogen (secondary N) is 1. The maximum Gasteiger partial charge on any atom is 0.314 e. The lowest BCUT2D eigenvalue weighted by Crippen LogP contribution is -2.11. The van der Waals surface area contributed by atoms with Gasteiger partial charge in [0.25, 0.3) is 0 Å². The highest BCUT2D eigenvalue weighted by atomic mass is 16.4. The van der Waals surface area contributed by atoms with Gasteiger partial charge >= 0.3 is 5.97 Å². The van der Waals surface area contributed by atoms with Crippen molar-refractivity contribution in [2.45, 2.75) is 26.2 Å². The fourth-order valence-corrected chi connectivity index (χ4v) is 1.70. The Hall–Kier alpha value is -2.04. The highest BCUT2D eigenvalue weighted by molar-refractivity contribution is 5.75. The Balaban J connectivity index is 2.29. The van der Waals surface area contributed by atoms with Gasteiger partial charge in [0.1, 0.15) is 23.2 Å². The molecule has 0 amide bonds. The summed E-state index contributed by atoms with van der Waals surface area (Å²) >= 11 is 0. The van der Waals surface area contributed by atoms with E-state index in [0.29, 0.717) is 23.7 Å². The predicted molar refractivity (Wildman–Crippen MR) is 61.7 cm³/mol. The topological polar surface area (TPSA) is 79.1 Å². The van der Waals surface area contributed by atoms with Crippen LogP contribution in [0.5, 0.6) is 0 Å². The van der Waals surface area contributed by atoms with Crippen molar-refractivity contribution in [2.75, 3.05) is 0 Å². The molecule has 2 heterocycles. The van der Waals surface area contributed by atoms with E-state index in [4.69, 9.17) is 9.52 Å². The molecule has 0 aromatic carbocycles. The Morgan fingerprint density at radius 3 is 2.88 bits per heavy atom. The third kappa shape index (κ3) is 2.22. The number of carbonyl (C=O) groups is 1. The lowest BCUT2D eigenvalue weighted by molar-refractivity contribution is -0.139.